The van der Waals surface area contributed by atoms with E-state index in [2.05, 4.69) is 11.3 Å². The first-order valence-electron chi connectivity index (χ1n) is 4.11. The van der Waals surface area contributed by atoms with Gasteiger partial charge in [0.25, 0.3) is 0 Å². The molecule has 1 unspecified atom stereocenters. The highest BCUT2D eigenvalue weighted by molar-refractivity contribution is 6.06. The van der Waals surface area contributed by atoms with Crippen LogP contribution in [0.2, 0.25) is 0 Å². The first-order valence-corrected chi connectivity index (χ1v) is 4.11. The van der Waals surface area contributed by atoms with E-state index in [1.54, 1.807) is 0 Å². The van der Waals surface area contributed by atoms with E-state index in [1.807, 2.05) is 6.92 Å². The van der Waals surface area contributed by atoms with Crippen molar-refractivity contribution in [3.05, 3.63) is 12.2 Å². The molecule has 0 aromatic rings. The van der Waals surface area contributed by atoms with Crippen molar-refractivity contribution in [3.8, 4) is 0 Å². The molecule has 0 aromatic carbocycles. The minimum absolute atomic E-state index is 0.313. The normalized spacial score (nSPS) is 23.1. The van der Waals surface area contributed by atoms with E-state index in [4.69, 9.17) is 0 Å². The highest BCUT2D eigenvalue weighted by Crippen LogP contribution is 2.25. The Balaban J connectivity index is 2.58. The molecule has 66 valence electrons. The first-order chi connectivity index (χ1) is 5.66. The standard InChI is InChI=1S/C9H12O3/c1-3-4-5-7-6(2)8(10)12-9(7)11/h7H,2-5H2,1H3. The van der Waals surface area contributed by atoms with Gasteiger partial charge in [-0.25, -0.2) is 4.79 Å². The molecular formula is C9H12O3. The minimum atomic E-state index is -0.555. The lowest BCUT2D eigenvalue weighted by molar-refractivity contribution is -0.152. The van der Waals surface area contributed by atoms with Crippen molar-refractivity contribution >= 4 is 11.9 Å². The molecule has 1 atom stereocenters. The summed E-state index contributed by atoms with van der Waals surface area (Å²) in [4.78, 5) is 21.8. The summed E-state index contributed by atoms with van der Waals surface area (Å²) in [6, 6.07) is 0. The molecule has 1 fully saturated rings. The molecule has 1 heterocycles. The molecule has 0 radical (unpaired) electrons. The molecule has 0 saturated carbocycles. The van der Waals surface area contributed by atoms with Gasteiger partial charge in [-0.1, -0.05) is 26.3 Å². The van der Waals surface area contributed by atoms with Gasteiger partial charge in [-0.15, -0.1) is 0 Å². The van der Waals surface area contributed by atoms with Crippen molar-refractivity contribution in [2.45, 2.75) is 26.2 Å². The average molecular weight is 168 g/mol. The molecule has 3 nitrogen and oxygen atoms in total. The van der Waals surface area contributed by atoms with Crippen LogP contribution in [0.25, 0.3) is 0 Å². The van der Waals surface area contributed by atoms with Gasteiger partial charge in [-0.05, 0) is 6.42 Å². The van der Waals surface area contributed by atoms with Gasteiger partial charge in [0, 0.05) is 5.57 Å². The predicted octanol–water partition coefficient (Wildman–Crippen LogP) is 1.43. The number of hydrogen-bond donors (Lipinski definition) is 0. The fourth-order valence-corrected chi connectivity index (χ4v) is 1.21. The maximum Gasteiger partial charge on any atom is 0.341 e. The van der Waals surface area contributed by atoms with Crippen LogP contribution in [-0.4, -0.2) is 11.9 Å². The van der Waals surface area contributed by atoms with Crippen LogP contribution in [0.3, 0.4) is 0 Å². The van der Waals surface area contributed by atoms with Gasteiger partial charge in [0.15, 0.2) is 0 Å². The molecule has 12 heavy (non-hydrogen) atoms. The molecule has 0 aliphatic carbocycles. The highest BCUT2D eigenvalue weighted by Gasteiger charge is 2.36. The lowest BCUT2D eigenvalue weighted by atomic mass is 9.97. The summed E-state index contributed by atoms with van der Waals surface area (Å²) >= 11 is 0. The Labute approximate surface area is 71.4 Å². The van der Waals surface area contributed by atoms with Crippen LogP contribution >= 0.6 is 0 Å². The Bertz CT molecular complexity index is 230. The Morgan fingerprint density at radius 2 is 2.17 bits per heavy atom. The third-order valence-electron chi connectivity index (χ3n) is 2.01. The van der Waals surface area contributed by atoms with Gasteiger partial charge >= 0.3 is 11.9 Å². The zero-order valence-electron chi connectivity index (χ0n) is 7.13. The molecular weight excluding hydrogens is 156 g/mol. The number of carbonyl (C=O) groups excluding carboxylic acids is 2. The average Bonchev–Trinajstić information content (AvgIpc) is 2.25. The lowest BCUT2D eigenvalue weighted by Gasteiger charge is -2.02. The summed E-state index contributed by atoms with van der Waals surface area (Å²) in [7, 11) is 0. The van der Waals surface area contributed by atoms with Gasteiger partial charge in [0.1, 0.15) is 0 Å². The van der Waals surface area contributed by atoms with Gasteiger partial charge in [0.2, 0.25) is 0 Å². The van der Waals surface area contributed by atoms with Gasteiger partial charge < -0.3 is 4.74 Å². The molecule has 0 amide bonds. The number of unbranched alkanes of at least 4 members (excludes halogenated alkanes) is 1. The van der Waals surface area contributed by atoms with Crippen LogP contribution in [0.4, 0.5) is 0 Å². The van der Waals surface area contributed by atoms with Crippen molar-refractivity contribution in [2.24, 2.45) is 5.92 Å². The van der Waals surface area contributed by atoms with Crippen molar-refractivity contribution in [2.75, 3.05) is 0 Å². The molecule has 0 bridgehead atoms. The largest absolute Gasteiger partial charge is 0.389 e. The molecule has 0 aromatic heterocycles. The Morgan fingerprint density at radius 1 is 1.50 bits per heavy atom. The summed E-state index contributed by atoms with van der Waals surface area (Å²) in [5.41, 5.74) is 0.313. The second-order valence-electron chi connectivity index (χ2n) is 2.93. The van der Waals surface area contributed by atoms with Crippen LogP contribution in [0.15, 0.2) is 12.2 Å². The molecule has 1 aliphatic rings. The third kappa shape index (κ3) is 1.55. The number of carbonyl (C=O) groups is 2. The van der Waals surface area contributed by atoms with Crippen molar-refractivity contribution < 1.29 is 14.3 Å². The molecule has 1 saturated heterocycles. The number of rotatable bonds is 3. The van der Waals surface area contributed by atoms with Crippen LogP contribution < -0.4 is 0 Å². The monoisotopic (exact) mass is 168 g/mol. The Morgan fingerprint density at radius 3 is 2.58 bits per heavy atom. The van der Waals surface area contributed by atoms with Gasteiger partial charge in [0.05, 0.1) is 5.92 Å². The number of hydrogen-bond acceptors (Lipinski definition) is 3. The minimum Gasteiger partial charge on any atom is -0.389 e. The third-order valence-corrected chi connectivity index (χ3v) is 2.01. The van der Waals surface area contributed by atoms with Crippen LogP contribution in [0.1, 0.15) is 26.2 Å². The van der Waals surface area contributed by atoms with E-state index in [1.165, 1.54) is 0 Å². The van der Waals surface area contributed by atoms with E-state index in [0.717, 1.165) is 12.8 Å². The van der Waals surface area contributed by atoms with Gasteiger partial charge in [-0.2, -0.15) is 0 Å². The topological polar surface area (TPSA) is 43.4 Å². The van der Waals surface area contributed by atoms with Crippen LogP contribution in [0.5, 0.6) is 0 Å². The highest BCUT2D eigenvalue weighted by atomic mass is 16.6. The summed E-state index contributed by atoms with van der Waals surface area (Å²) in [5, 5.41) is 0. The number of ether oxygens (including phenoxy) is 1. The molecule has 0 spiro atoms. The maximum absolute atomic E-state index is 11.0. The van der Waals surface area contributed by atoms with Crippen LogP contribution in [-0.2, 0) is 14.3 Å². The molecule has 0 N–H and O–H groups in total. The molecule has 3 heteroatoms. The SMILES string of the molecule is C=C1C(=O)OC(=O)C1CCCC. The fourth-order valence-electron chi connectivity index (χ4n) is 1.21. The van der Waals surface area contributed by atoms with E-state index in [9.17, 15) is 9.59 Å². The van der Waals surface area contributed by atoms with Crippen LogP contribution in [0, 0.1) is 5.92 Å². The molecule has 1 aliphatic heterocycles. The van der Waals surface area contributed by atoms with Gasteiger partial charge in [-0.3, -0.25) is 4.79 Å². The van der Waals surface area contributed by atoms with Crippen molar-refractivity contribution in [3.63, 3.8) is 0 Å². The van der Waals surface area contributed by atoms with E-state index >= 15 is 0 Å². The van der Waals surface area contributed by atoms with Crippen molar-refractivity contribution in [1.29, 1.82) is 0 Å². The first kappa shape index (κ1) is 8.97. The van der Waals surface area contributed by atoms with E-state index < -0.39 is 11.9 Å². The second kappa shape index (κ2) is 3.52. The maximum atomic E-state index is 11.0. The zero-order valence-corrected chi connectivity index (χ0v) is 7.13. The Kier molecular flexibility index (Phi) is 2.63. The predicted molar refractivity (Wildman–Crippen MR) is 43.3 cm³/mol. The smallest absolute Gasteiger partial charge is 0.341 e. The number of cyclic esters (lactones) is 2. The summed E-state index contributed by atoms with van der Waals surface area (Å²) in [5.74, 6) is -1.36. The Hall–Kier alpha value is -1.12. The fraction of sp³-hybridized carbons (Fsp3) is 0.556. The van der Waals surface area contributed by atoms with Crippen molar-refractivity contribution in [1.82, 2.24) is 0 Å². The zero-order chi connectivity index (χ0) is 9.14. The number of esters is 2. The lowest BCUT2D eigenvalue weighted by Crippen LogP contribution is -2.08. The quantitative estimate of drug-likeness (QED) is 0.364. The summed E-state index contributed by atoms with van der Waals surface area (Å²) in [6.07, 6.45) is 2.61. The molecule has 1 rings (SSSR count). The summed E-state index contributed by atoms with van der Waals surface area (Å²) in [6.45, 7) is 5.56. The van der Waals surface area contributed by atoms with E-state index in [-0.39, 0.29) is 5.92 Å². The summed E-state index contributed by atoms with van der Waals surface area (Å²) < 4.78 is 4.41. The van der Waals surface area contributed by atoms with E-state index in [0.29, 0.717) is 12.0 Å². The second-order valence-corrected chi connectivity index (χ2v) is 2.93.